The van der Waals surface area contributed by atoms with E-state index in [1.54, 1.807) is 27.0 Å². The number of aryl methyl sites for hydroxylation is 2. The monoisotopic (exact) mass is 642 g/mol. The van der Waals surface area contributed by atoms with E-state index in [-0.39, 0.29) is 18.1 Å². The zero-order chi connectivity index (χ0) is 32.8. The molecule has 0 spiro atoms. The molecule has 4 aromatic rings. The molecule has 8 heteroatoms. The summed E-state index contributed by atoms with van der Waals surface area (Å²) in [7, 11) is -2.10. The van der Waals surface area contributed by atoms with Crippen LogP contribution in [0, 0.1) is 12.8 Å². The van der Waals surface area contributed by atoms with E-state index in [1.807, 2.05) is 47.2 Å². The molecule has 0 unspecified atom stereocenters. The molecule has 3 heterocycles. The van der Waals surface area contributed by atoms with Crippen LogP contribution >= 0.6 is 0 Å². The van der Waals surface area contributed by atoms with Crippen LogP contribution in [0.5, 0.6) is 5.75 Å². The fourth-order valence-electron chi connectivity index (χ4n) is 7.46. The summed E-state index contributed by atoms with van der Waals surface area (Å²) in [5.74, 6) is 0.880. The van der Waals surface area contributed by atoms with Gasteiger partial charge in [0.15, 0.2) is 5.78 Å². The molecule has 1 N–H and O–H groups in total. The summed E-state index contributed by atoms with van der Waals surface area (Å²) in [6, 6.07) is 20.0. The standard InChI is InChI=1S/C38H46N2O5S/c1-6-27-23-40-24-38(3,4)46(43,44)39(5)33-21-30(20-32(27)36(33)40)35(42)22-29(19-26-12-8-7-9-13-26)34(41)16-15-28-17-18-45-37-25(2)11-10-14-31(28)37/h7-14,20-21,23,28-29,34,41H,6,15-19,22,24H2,1-5H3/t28-,29-,34-/m1/s1. The van der Waals surface area contributed by atoms with Crippen molar-refractivity contribution < 1.29 is 23.1 Å². The summed E-state index contributed by atoms with van der Waals surface area (Å²) >= 11 is 0. The number of Topliss-reactive ketones (excluding diaryl/α,β-unsaturated/α-hetero) is 1. The third kappa shape index (κ3) is 5.86. The summed E-state index contributed by atoms with van der Waals surface area (Å²) in [4.78, 5) is 14.2. The number of nitrogens with zero attached hydrogens (tertiary/aromatic N) is 2. The van der Waals surface area contributed by atoms with Crippen molar-refractivity contribution in [1.82, 2.24) is 4.57 Å². The second-order valence-corrected chi connectivity index (χ2v) is 16.4. The van der Waals surface area contributed by atoms with Gasteiger partial charge in [-0.1, -0.05) is 55.5 Å². The van der Waals surface area contributed by atoms with Crippen LogP contribution in [0.1, 0.15) is 85.0 Å². The van der Waals surface area contributed by atoms with Gasteiger partial charge in [-0.15, -0.1) is 0 Å². The van der Waals surface area contributed by atoms with Crippen molar-refractivity contribution in [3.05, 3.63) is 94.7 Å². The number of para-hydroxylation sites is 1. The van der Waals surface area contributed by atoms with E-state index in [9.17, 15) is 18.3 Å². The van der Waals surface area contributed by atoms with E-state index in [2.05, 4.69) is 32.0 Å². The van der Waals surface area contributed by atoms with Gasteiger partial charge in [0.1, 0.15) is 10.5 Å². The number of benzene rings is 3. The Kier molecular flexibility index (Phi) is 8.81. The van der Waals surface area contributed by atoms with Gasteiger partial charge < -0.3 is 14.4 Å². The number of aliphatic hydroxyl groups is 1. The molecule has 0 bridgehead atoms. The maximum atomic E-state index is 14.2. The van der Waals surface area contributed by atoms with Gasteiger partial charge >= 0.3 is 0 Å². The lowest BCUT2D eigenvalue weighted by Crippen LogP contribution is -2.44. The van der Waals surface area contributed by atoms with Gasteiger partial charge in [0.25, 0.3) is 0 Å². The fraction of sp³-hybridized carbons (Fsp3) is 0.447. The van der Waals surface area contributed by atoms with Gasteiger partial charge in [0.2, 0.25) is 10.0 Å². The van der Waals surface area contributed by atoms with Crippen LogP contribution in [0.2, 0.25) is 0 Å². The van der Waals surface area contributed by atoms with Crippen molar-refractivity contribution in [2.45, 2.75) is 89.5 Å². The largest absolute Gasteiger partial charge is 0.493 e. The Bertz CT molecular complexity index is 1860. The molecule has 0 radical (unpaired) electrons. The summed E-state index contributed by atoms with van der Waals surface area (Å²) < 4.78 is 35.7. The number of rotatable bonds is 10. The Morgan fingerprint density at radius 1 is 1.11 bits per heavy atom. The first kappa shape index (κ1) is 32.3. The Morgan fingerprint density at radius 3 is 2.61 bits per heavy atom. The van der Waals surface area contributed by atoms with Crippen molar-refractivity contribution in [1.29, 1.82) is 0 Å². The van der Waals surface area contributed by atoms with Crippen LogP contribution in [0.25, 0.3) is 10.9 Å². The van der Waals surface area contributed by atoms with Crippen molar-refractivity contribution in [2.24, 2.45) is 5.92 Å². The van der Waals surface area contributed by atoms with Gasteiger partial charge in [-0.3, -0.25) is 9.10 Å². The Morgan fingerprint density at radius 2 is 1.87 bits per heavy atom. The van der Waals surface area contributed by atoms with Gasteiger partial charge in [-0.05, 0) is 99.1 Å². The lowest BCUT2D eigenvalue weighted by molar-refractivity contribution is 0.0730. The van der Waals surface area contributed by atoms with Gasteiger partial charge in [-0.2, -0.15) is 0 Å². The molecular weight excluding hydrogens is 596 g/mol. The topological polar surface area (TPSA) is 88.8 Å². The maximum absolute atomic E-state index is 14.2. The van der Waals surface area contributed by atoms with Crippen LogP contribution in [0.3, 0.4) is 0 Å². The molecule has 7 nitrogen and oxygen atoms in total. The number of carbonyl (C=O) groups excluding carboxylic acids is 1. The first-order valence-corrected chi connectivity index (χ1v) is 18.0. The third-order valence-electron chi connectivity index (χ3n) is 10.2. The zero-order valence-electron chi connectivity index (χ0n) is 27.6. The van der Waals surface area contributed by atoms with Gasteiger partial charge in [-0.25, -0.2) is 8.42 Å². The normalized spacial score (nSPS) is 19.6. The van der Waals surface area contributed by atoms with Crippen molar-refractivity contribution in [2.75, 3.05) is 18.0 Å². The molecule has 3 atom stereocenters. The highest BCUT2D eigenvalue weighted by atomic mass is 32.2. The second kappa shape index (κ2) is 12.5. The lowest BCUT2D eigenvalue weighted by atomic mass is 9.82. The fourth-order valence-corrected chi connectivity index (χ4v) is 8.91. The van der Waals surface area contributed by atoms with E-state index < -0.39 is 20.9 Å². The molecule has 1 aromatic heterocycles. The van der Waals surface area contributed by atoms with Crippen molar-refractivity contribution >= 4 is 32.4 Å². The minimum Gasteiger partial charge on any atom is -0.493 e. The highest BCUT2D eigenvalue weighted by Crippen LogP contribution is 2.41. The zero-order valence-corrected chi connectivity index (χ0v) is 28.4. The number of aliphatic hydroxyl groups excluding tert-OH is 1. The third-order valence-corrected chi connectivity index (χ3v) is 12.7. The number of aromatic nitrogens is 1. The molecule has 2 aliphatic heterocycles. The minimum absolute atomic E-state index is 0.0886. The lowest BCUT2D eigenvalue weighted by Gasteiger charge is -2.29. The van der Waals surface area contributed by atoms with Crippen LogP contribution in [0.15, 0.2) is 66.9 Å². The maximum Gasteiger partial charge on any atom is 0.241 e. The SMILES string of the molecule is CCc1cn2c3c(cc(C(=O)C[C@@H](Cc4ccccc4)[C@H](O)CC[C@@H]4CCOc5c(C)cccc54)cc13)N(C)S(=O)(=O)C(C)(C)C2. The quantitative estimate of drug-likeness (QED) is 0.185. The highest BCUT2D eigenvalue weighted by molar-refractivity contribution is 7.94. The summed E-state index contributed by atoms with van der Waals surface area (Å²) in [5, 5.41) is 12.6. The predicted octanol–water partition coefficient (Wildman–Crippen LogP) is 7.21. The van der Waals surface area contributed by atoms with Crippen LogP contribution in [-0.2, 0) is 29.4 Å². The molecule has 0 aliphatic carbocycles. The van der Waals surface area contributed by atoms with Gasteiger partial charge in [0, 0.05) is 37.2 Å². The number of hydrogen-bond donors (Lipinski definition) is 1. The molecule has 3 aromatic carbocycles. The second-order valence-electron chi connectivity index (χ2n) is 13.8. The van der Waals surface area contributed by atoms with Crippen molar-refractivity contribution in [3.8, 4) is 5.75 Å². The van der Waals surface area contributed by atoms with Crippen molar-refractivity contribution in [3.63, 3.8) is 0 Å². The van der Waals surface area contributed by atoms with E-state index in [0.717, 1.165) is 52.6 Å². The molecule has 2 aliphatic rings. The number of hydrogen-bond acceptors (Lipinski definition) is 5. The first-order chi connectivity index (χ1) is 21.9. The first-order valence-electron chi connectivity index (χ1n) is 16.5. The predicted molar refractivity (Wildman–Crippen MR) is 185 cm³/mol. The number of carbonyl (C=O) groups is 1. The summed E-state index contributed by atoms with van der Waals surface area (Å²) in [5.41, 5.74) is 6.35. The van der Waals surface area contributed by atoms with E-state index in [4.69, 9.17) is 4.74 Å². The molecule has 0 saturated carbocycles. The number of ether oxygens (including phenoxy) is 1. The van der Waals surface area contributed by atoms with E-state index in [0.29, 0.717) is 43.2 Å². The summed E-state index contributed by atoms with van der Waals surface area (Å²) in [6.45, 7) is 8.65. The molecular formula is C38H46N2O5S. The molecule has 0 fully saturated rings. The van der Waals surface area contributed by atoms with E-state index >= 15 is 0 Å². The van der Waals surface area contributed by atoms with Crippen LogP contribution in [0.4, 0.5) is 5.69 Å². The Balaban J connectivity index is 1.30. The number of ketones is 1. The highest BCUT2D eigenvalue weighted by Gasteiger charge is 2.42. The van der Waals surface area contributed by atoms with Gasteiger partial charge in [0.05, 0.1) is 23.9 Å². The summed E-state index contributed by atoms with van der Waals surface area (Å²) in [6.07, 6.45) is 5.15. The Labute approximate surface area is 273 Å². The number of anilines is 1. The number of sulfonamides is 1. The number of fused-ring (bicyclic) bond motifs is 1. The average Bonchev–Trinajstić information content (AvgIpc) is 3.37. The smallest absolute Gasteiger partial charge is 0.241 e. The average molecular weight is 643 g/mol. The minimum atomic E-state index is -3.69. The molecule has 6 rings (SSSR count). The molecule has 244 valence electrons. The van der Waals surface area contributed by atoms with Crippen LogP contribution < -0.4 is 9.04 Å². The molecule has 0 amide bonds. The Hall–Kier alpha value is -3.62. The van der Waals surface area contributed by atoms with E-state index in [1.165, 1.54) is 9.87 Å². The van der Waals surface area contributed by atoms with Crippen LogP contribution in [-0.4, -0.2) is 48.4 Å². The molecule has 46 heavy (non-hydrogen) atoms. The molecule has 0 saturated heterocycles.